The van der Waals surface area contributed by atoms with Gasteiger partial charge in [-0.25, -0.2) is 8.42 Å². The van der Waals surface area contributed by atoms with Crippen LogP contribution in [0.3, 0.4) is 0 Å². The molecule has 0 aromatic heterocycles. The van der Waals surface area contributed by atoms with E-state index in [1.54, 1.807) is 11.8 Å². The van der Waals surface area contributed by atoms with E-state index in [-0.39, 0.29) is 61.0 Å². The van der Waals surface area contributed by atoms with E-state index in [0.717, 1.165) is 6.42 Å². The van der Waals surface area contributed by atoms with E-state index >= 15 is 0 Å². The van der Waals surface area contributed by atoms with Gasteiger partial charge < -0.3 is 4.90 Å². The van der Waals surface area contributed by atoms with Gasteiger partial charge in [0.2, 0.25) is 5.91 Å². The van der Waals surface area contributed by atoms with Crippen LogP contribution in [-0.4, -0.2) is 50.0 Å². The SMILES string of the molecule is CC1CN(C(=O)C23CC4CC(C2)CC(C(F)(F)F)(C4)C3)CCS(=O)(=O)C1. The minimum atomic E-state index is -4.27. The molecule has 0 aromatic carbocycles. The lowest BCUT2D eigenvalue weighted by Crippen LogP contribution is -2.62. The van der Waals surface area contributed by atoms with Gasteiger partial charge in [0.1, 0.15) is 0 Å². The van der Waals surface area contributed by atoms with Crippen LogP contribution in [0.4, 0.5) is 13.2 Å². The largest absolute Gasteiger partial charge is 0.394 e. The van der Waals surface area contributed by atoms with Crippen molar-refractivity contribution in [3.63, 3.8) is 0 Å². The third kappa shape index (κ3) is 2.87. The minimum Gasteiger partial charge on any atom is -0.341 e. The van der Waals surface area contributed by atoms with Gasteiger partial charge in [-0.05, 0) is 56.3 Å². The lowest BCUT2D eigenvalue weighted by atomic mass is 9.43. The van der Waals surface area contributed by atoms with Crippen LogP contribution >= 0.6 is 0 Å². The molecule has 4 nitrogen and oxygen atoms in total. The van der Waals surface area contributed by atoms with Gasteiger partial charge in [0, 0.05) is 13.1 Å². The highest BCUT2D eigenvalue weighted by Gasteiger charge is 2.69. The second-order valence-electron chi connectivity index (χ2n) is 9.49. The Hall–Kier alpha value is -0.790. The fraction of sp³-hybridized carbons (Fsp3) is 0.944. The highest BCUT2D eigenvalue weighted by Crippen LogP contribution is 2.69. The Morgan fingerprint density at radius 3 is 2.31 bits per heavy atom. The molecule has 26 heavy (non-hydrogen) atoms. The zero-order chi connectivity index (χ0) is 19.0. The van der Waals surface area contributed by atoms with Crippen LogP contribution in [-0.2, 0) is 14.6 Å². The fourth-order valence-corrected chi connectivity index (χ4v) is 8.29. The number of hydrogen-bond acceptors (Lipinski definition) is 3. The van der Waals surface area contributed by atoms with Crippen LogP contribution in [0.2, 0.25) is 0 Å². The summed E-state index contributed by atoms with van der Waals surface area (Å²) in [5.41, 5.74) is -2.65. The zero-order valence-electron chi connectivity index (χ0n) is 15.0. The van der Waals surface area contributed by atoms with Crippen LogP contribution in [0.1, 0.15) is 45.4 Å². The Morgan fingerprint density at radius 2 is 1.73 bits per heavy atom. The summed E-state index contributed by atoms with van der Waals surface area (Å²) < 4.78 is 65.7. The number of sulfone groups is 1. The first-order chi connectivity index (χ1) is 11.9. The number of nitrogens with zero attached hydrogens (tertiary/aromatic N) is 1. The highest BCUT2D eigenvalue weighted by molar-refractivity contribution is 7.91. The summed E-state index contributed by atoms with van der Waals surface area (Å²) >= 11 is 0. The maximum atomic E-state index is 13.9. The Labute approximate surface area is 152 Å². The normalized spacial score (nSPS) is 44.8. The lowest BCUT2D eigenvalue weighted by Gasteiger charge is -2.62. The average Bonchev–Trinajstić information content (AvgIpc) is 2.61. The summed E-state index contributed by atoms with van der Waals surface area (Å²) in [5, 5.41) is 0. The molecule has 3 atom stereocenters. The Balaban J connectivity index is 1.63. The topological polar surface area (TPSA) is 54.5 Å². The second kappa shape index (κ2) is 5.61. The van der Waals surface area contributed by atoms with Crippen LogP contribution in [0, 0.1) is 28.6 Å². The van der Waals surface area contributed by atoms with Crippen molar-refractivity contribution < 1.29 is 26.4 Å². The smallest absolute Gasteiger partial charge is 0.341 e. The monoisotopic (exact) mass is 393 g/mol. The molecule has 3 unspecified atom stereocenters. The number of rotatable bonds is 1. The quantitative estimate of drug-likeness (QED) is 0.688. The molecular formula is C18H26F3NO3S. The third-order valence-corrected chi connectivity index (χ3v) is 9.03. The summed E-state index contributed by atoms with van der Waals surface area (Å²) in [7, 11) is -3.20. The Morgan fingerprint density at radius 1 is 1.12 bits per heavy atom. The second-order valence-corrected chi connectivity index (χ2v) is 11.7. The molecule has 148 valence electrons. The molecule has 5 rings (SSSR count). The van der Waals surface area contributed by atoms with Crippen molar-refractivity contribution in [1.29, 1.82) is 0 Å². The molecule has 4 saturated carbocycles. The maximum absolute atomic E-state index is 13.9. The van der Waals surface area contributed by atoms with Crippen molar-refractivity contribution in [2.75, 3.05) is 24.6 Å². The van der Waals surface area contributed by atoms with E-state index < -0.39 is 26.8 Å². The summed E-state index contributed by atoms with van der Waals surface area (Å²) in [6.45, 7) is 2.23. The number of amides is 1. The summed E-state index contributed by atoms with van der Waals surface area (Å²) in [6, 6.07) is 0. The van der Waals surface area contributed by atoms with Crippen molar-refractivity contribution in [1.82, 2.24) is 4.90 Å². The summed E-state index contributed by atoms with van der Waals surface area (Å²) in [4.78, 5) is 15.0. The predicted molar refractivity (Wildman–Crippen MR) is 90.0 cm³/mol. The average molecular weight is 393 g/mol. The molecule has 0 radical (unpaired) electrons. The standard InChI is InChI=1S/C18H26F3NO3S/c1-12-9-22(2-3-26(24,25)10-12)15(23)16-5-13-4-14(6-16)8-17(7-13,11-16)18(19,20)21/h12-14H,2-11H2,1H3. The number of carbonyl (C=O) groups excluding carboxylic acids is 1. The Bertz CT molecular complexity index is 704. The first-order valence-corrected chi connectivity index (χ1v) is 11.3. The lowest BCUT2D eigenvalue weighted by molar-refractivity contribution is -0.284. The van der Waals surface area contributed by atoms with Crippen molar-refractivity contribution in [3.05, 3.63) is 0 Å². The molecule has 5 aliphatic rings. The predicted octanol–water partition coefficient (Wildman–Crippen LogP) is 3.03. The maximum Gasteiger partial charge on any atom is 0.394 e. The van der Waals surface area contributed by atoms with E-state index in [1.807, 2.05) is 0 Å². The van der Waals surface area contributed by atoms with E-state index in [9.17, 15) is 26.4 Å². The van der Waals surface area contributed by atoms with Gasteiger partial charge in [0.05, 0.1) is 22.3 Å². The van der Waals surface area contributed by atoms with E-state index in [0.29, 0.717) is 19.4 Å². The summed E-state index contributed by atoms with van der Waals surface area (Å²) in [5.74, 6) is -0.510. The molecule has 1 heterocycles. The summed E-state index contributed by atoms with van der Waals surface area (Å²) in [6.07, 6.45) is -2.18. The number of halogens is 3. The van der Waals surface area contributed by atoms with E-state index in [2.05, 4.69) is 0 Å². The van der Waals surface area contributed by atoms with Crippen LogP contribution in [0.15, 0.2) is 0 Å². The molecule has 4 bridgehead atoms. The molecule has 5 fully saturated rings. The van der Waals surface area contributed by atoms with Crippen molar-refractivity contribution in [2.24, 2.45) is 28.6 Å². The van der Waals surface area contributed by atoms with E-state index in [1.165, 1.54) is 0 Å². The number of carbonyl (C=O) groups is 1. The molecule has 1 amide bonds. The molecule has 8 heteroatoms. The fourth-order valence-electron chi connectivity index (χ4n) is 6.65. The first-order valence-electron chi connectivity index (χ1n) is 9.50. The number of alkyl halides is 3. The van der Waals surface area contributed by atoms with Gasteiger partial charge in [-0.15, -0.1) is 0 Å². The molecule has 0 aromatic rings. The molecule has 4 aliphatic carbocycles. The van der Waals surface area contributed by atoms with Crippen LogP contribution in [0.25, 0.3) is 0 Å². The van der Waals surface area contributed by atoms with Crippen molar-refractivity contribution >= 4 is 15.7 Å². The van der Waals surface area contributed by atoms with Crippen LogP contribution < -0.4 is 0 Å². The molecule has 0 spiro atoms. The van der Waals surface area contributed by atoms with Gasteiger partial charge in [0.25, 0.3) is 0 Å². The van der Waals surface area contributed by atoms with Gasteiger partial charge >= 0.3 is 6.18 Å². The third-order valence-electron chi connectivity index (χ3n) is 7.15. The van der Waals surface area contributed by atoms with Gasteiger partial charge in [0.15, 0.2) is 9.84 Å². The van der Waals surface area contributed by atoms with Gasteiger partial charge in [-0.3, -0.25) is 4.79 Å². The molecule has 1 saturated heterocycles. The van der Waals surface area contributed by atoms with Gasteiger partial charge in [-0.1, -0.05) is 6.92 Å². The molecular weight excluding hydrogens is 367 g/mol. The molecule has 1 aliphatic heterocycles. The Kier molecular flexibility index (Phi) is 4.01. The first kappa shape index (κ1) is 18.6. The molecule has 0 N–H and O–H groups in total. The van der Waals surface area contributed by atoms with Crippen LogP contribution in [0.5, 0.6) is 0 Å². The highest BCUT2D eigenvalue weighted by atomic mass is 32.2. The van der Waals surface area contributed by atoms with Crippen molar-refractivity contribution in [2.45, 2.75) is 51.6 Å². The van der Waals surface area contributed by atoms with Gasteiger partial charge in [-0.2, -0.15) is 13.2 Å². The van der Waals surface area contributed by atoms with E-state index in [4.69, 9.17) is 0 Å². The zero-order valence-corrected chi connectivity index (χ0v) is 15.8. The minimum absolute atomic E-state index is 0.0324. The number of hydrogen-bond donors (Lipinski definition) is 0. The van der Waals surface area contributed by atoms with Crippen molar-refractivity contribution in [3.8, 4) is 0 Å².